The van der Waals surface area contributed by atoms with Crippen molar-refractivity contribution in [2.75, 3.05) is 6.26 Å². The van der Waals surface area contributed by atoms with Gasteiger partial charge in [-0.25, -0.2) is 17.9 Å². The maximum absolute atomic E-state index is 11.8. The maximum atomic E-state index is 11.8. The second-order valence-electron chi connectivity index (χ2n) is 4.74. The molecule has 0 atom stereocenters. The van der Waals surface area contributed by atoms with Gasteiger partial charge in [-0.2, -0.15) is 0 Å². The molecule has 0 aliphatic carbocycles. The van der Waals surface area contributed by atoms with E-state index in [4.69, 9.17) is 9.52 Å². The van der Waals surface area contributed by atoms with Crippen LogP contribution in [0.4, 0.5) is 0 Å². The second-order valence-corrected chi connectivity index (χ2v) is 6.58. The Morgan fingerprint density at radius 1 is 1.35 bits per heavy atom. The van der Waals surface area contributed by atoms with Crippen LogP contribution in [-0.4, -0.2) is 37.2 Å². The van der Waals surface area contributed by atoms with Crippen LogP contribution in [0.15, 0.2) is 16.5 Å². The molecule has 0 spiro atoms. The molecule has 1 heterocycles. The van der Waals surface area contributed by atoms with Gasteiger partial charge in [-0.3, -0.25) is 4.79 Å². The summed E-state index contributed by atoms with van der Waals surface area (Å²) in [4.78, 5) is 22.7. The van der Waals surface area contributed by atoms with Crippen molar-refractivity contribution in [1.29, 1.82) is 0 Å². The summed E-state index contributed by atoms with van der Waals surface area (Å²) in [7, 11) is -3.36. The number of carboxylic acid groups (broad SMARTS) is 1. The molecule has 0 saturated heterocycles. The zero-order valence-electron chi connectivity index (χ0n) is 11.3. The molecule has 0 bridgehead atoms. The number of aliphatic carboxylic acids is 1. The topological polar surface area (TPSA) is 126 Å². The molecule has 8 nitrogen and oxygen atoms in total. The van der Waals surface area contributed by atoms with Gasteiger partial charge in [-0.05, 0) is 26.0 Å². The third-order valence-corrected chi connectivity index (χ3v) is 3.02. The minimum atomic E-state index is -3.36. The largest absolute Gasteiger partial charge is 0.480 e. The lowest BCUT2D eigenvalue weighted by molar-refractivity contribution is -0.143. The highest BCUT2D eigenvalue weighted by Crippen LogP contribution is 2.10. The molecule has 112 valence electrons. The van der Waals surface area contributed by atoms with Gasteiger partial charge in [0.05, 0.1) is 12.8 Å². The lowest BCUT2D eigenvalue weighted by Crippen LogP contribution is -2.49. The van der Waals surface area contributed by atoms with Crippen LogP contribution in [0.1, 0.15) is 30.2 Å². The van der Waals surface area contributed by atoms with Gasteiger partial charge in [-0.1, -0.05) is 0 Å². The zero-order chi connectivity index (χ0) is 15.6. The van der Waals surface area contributed by atoms with Gasteiger partial charge in [0.25, 0.3) is 5.91 Å². The molecule has 9 heteroatoms. The van der Waals surface area contributed by atoms with Crippen LogP contribution in [0.25, 0.3) is 0 Å². The molecular formula is C11H16N2O6S. The number of carbonyl (C=O) groups is 2. The smallest absolute Gasteiger partial charge is 0.328 e. The van der Waals surface area contributed by atoms with E-state index in [1.54, 1.807) is 0 Å². The summed E-state index contributed by atoms with van der Waals surface area (Å²) in [5.74, 6) is -1.72. The number of carboxylic acids is 1. The van der Waals surface area contributed by atoms with Gasteiger partial charge < -0.3 is 14.8 Å². The second kappa shape index (κ2) is 5.63. The van der Waals surface area contributed by atoms with Gasteiger partial charge in [0.2, 0.25) is 10.0 Å². The first-order valence-electron chi connectivity index (χ1n) is 5.60. The Kier molecular flexibility index (Phi) is 4.56. The van der Waals surface area contributed by atoms with Crippen molar-refractivity contribution >= 4 is 21.9 Å². The fourth-order valence-corrected chi connectivity index (χ4v) is 1.60. The highest BCUT2D eigenvalue weighted by atomic mass is 32.2. The molecule has 0 aromatic carbocycles. The van der Waals surface area contributed by atoms with Crippen molar-refractivity contribution in [2.45, 2.75) is 25.9 Å². The zero-order valence-corrected chi connectivity index (χ0v) is 12.1. The third kappa shape index (κ3) is 4.67. The summed E-state index contributed by atoms with van der Waals surface area (Å²) in [5.41, 5.74) is -1.44. The van der Waals surface area contributed by atoms with E-state index >= 15 is 0 Å². The summed E-state index contributed by atoms with van der Waals surface area (Å²) in [6.45, 7) is 2.58. The first-order chi connectivity index (χ1) is 9.01. The molecule has 0 fully saturated rings. The molecule has 0 aliphatic heterocycles. The first-order valence-corrected chi connectivity index (χ1v) is 7.50. The molecule has 0 saturated carbocycles. The van der Waals surface area contributed by atoms with E-state index in [1.165, 1.54) is 26.0 Å². The highest BCUT2D eigenvalue weighted by molar-refractivity contribution is 7.88. The number of rotatable bonds is 6. The molecule has 0 aliphatic rings. The lowest BCUT2D eigenvalue weighted by atomic mass is 10.1. The van der Waals surface area contributed by atoms with E-state index in [0.29, 0.717) is 0 Å². The van der Waals surface area contributed by atoms with Crippen LogP contribution < -0.4 is 10.0 Å². The van der Waals surface area contributed by atoms with Crippen LogP contribution in [0.3, 0.4) is 0 Å². The molecular weight excluding hydrogens is 288 g/mol. The van der Waals surface area contributed by atoms with Gasteiger partial charge in [0.1, 0.15) is 11.3 Å². The molecule has 1 rings (SSSR count). The van der Waals surface area contributed by atoms with Crippen LogP contribution in [0.2, 0.25) is 0 Å². The molecule has 1 amide bonds. The average molecular weight is 304 g/mol. The van der Waals surface area contributed by atoms with Crippen LogP contribution in [-0.2, 0) is 21.4 Å². The maximum Gasteiger partial charge on any atom is 0.328 e. The number of furan rings is 1. The molecule has 1 aromatic rings. The number of hydrogen-bond donors (Lipinski definition) is 3. The minimum absolute atomic E-state index is 0.0889. The molecule has 0 unspecified atom stereocenters. The Hall–Kier alpha value is -1.87. The van der Waals surface area contributed by atoms with Crippen LogP contribution in [0, 0.1) is 0 Å². The molecule has 3 N–H and O–H groups in total. The van der Waals surface area contributed by atoms with Gasteiger partial charge in [0.15, 0.2) is 5.76 Å². The van der Waals surface area contributed by atoms with Crippen LogP contribution >= 0.6 is 0 Å². The quantitative estimate of drug-likeness (QED) is 0.675. The summed E-state index contributed by atoms with van der Waals surface area (Å²) in [5, 5.41) is 11.2. The van der Waals surface area contributed by atoms with Gasteiger partial charge in [-0.15, -0.1) is 0 Å². The van der Waals surface area contributed by atoms with E-state index < -0.39 is 27.4 Å². The van der Waals surface area contributed by atoms with Crippen LogP contribution in [0.5, 0.6) is 0 Å². The number of sulfonamides is 1. The predicted octanol–water partition coefficient (Wildman–Crippen LogP) is -0.0782. The van der Waals surface area contributed by atoms with E-state index in [-0.39, 0.29) is 18.1 Å². The Bertz CT molecular complexity index is 617. The van der Waals surface area contributed by atoms with E-state index in [9.17, 15) is 18.0 Å². The average Bonchev–Trinajstić information content (AvgIpc) is 2.73. The molecule has 20 heavy (non-hydrogen) atoms. The fourth-order valence-electron chi connectivity index (χ4n) is 1.20. The number of nitrogens with one attached hydrogen (secondary N) is 2. The first kappa shape index (κ1) is 16.2. The Labute approximate surface area is 116 Å². The Balaban J connectivity index is 2.72. The van der Waals surface area contributed by atoms with Crippen molar-refractivity contribution in [3.05, 3.63) is 23.7 Å². The number of hydrogen-bond acceptors (Lipinski definition) is 5. The molecule has 1 aromatic heterocycles. The normalized spacial score (nSPS) is 12.2. The Morgan fingerprint density at radius 2 is 1.95 bits per heavy atom. The van der Waals surface area contributed by atoms with Gasteiger partial charge >= 0.3 is 5.97 Å². The van der Waals surface area contributed by atoms with E-state index in [1.807, 2.05) is 0 Å². The van der Waals surface area contributed by atoms with Crippen molar-refractivity contribution < 1.29 is 27.5 Å². The fraction of sp³-hybridized carbons (Fsp3) is 0.455. The van der Waals surface area contributed by atoms with E-state index in [0.717, 1.165) is 6.26 Å². The number of carbonyl (C=O) groups excluding carboxylic acids is 1. The predicted molar refractivity (Wildman–Crippen MR) is 69.6 cm³/mol. The van der Waals surface area contributed by atoms with E-state index in [2.05, 4.69) is 10.0 Å². The summed E-state index contributed by atoms with van der Waals surface area (Å²) in [6.07, 6.45) is 0.999. The summed E-state index contributed by atoms with van der Waals surface area (Å²) in [6, 6.07) is 2.77. The van der Waals surface area contributed by atoms with Crippen molar-refractivity contribution in [1.82, 2.24) is 10.0 Å². The third-order valence-electron chi connectivity index (χ3n) is 2.35. The Morgan fingerprint density at radius 3 is 2.45 bits per heavy atom. The summed E-state index contributed by atoms with van der Waals surface area (Å²) < 4.78 is 29.2. The lowest BCUT2D eigenvalue weighted by Gasteiger charge is -2.19. The minimum Gasteiger partial charge on any atom is -0.480 e. The number of amides is 1. The standard InChI is InChI=1S/C11H16N2O6S/c1-11(2,10(15)16)13-9(14)8-5-4-7(19-8)6-12-20(3,17)18/h4-5,12H,6H2,1-3H3,(H,13,14)(H,15,16). The monoisotopic (exact) mass is 304 g/mol. The van der Waals surface area contributed by atoms with Crippen molar-refractivity contribution in [3.63, 3.8) is 0 Å². The van der Waals surface area contributed by atoms with Gasteiger partial charge in [0, 0.05) is 0 Å². The highest BCUT2D eigenvalue weighted by Gasteiger charge is 2.30. The SMILES string of the molecule is CC(C)(NC(=O)c1ccc(CNS(C)(=O)=O)o1)C(=O)O. The molecule has 0 radical (unpaired) electrons. The summed E-state index contributed by atoms with van der Waals surface area (Å²) >= 11 is 0. The van der Waals surface area contributed by atoms with Crippen molar-refractivity contribution in [2.24, 2.45) is 0 Å². The van der Waals surface area contributed by atoms with Crippen molar-refractivity contribution in [3.8, 4) is 0 Å².